The molecule has 1 aliphatic rings. The van der Waals surface area contributed by atoms with Crippen LogP contribution in [0.2, 0.25) is 0 Å². The van der Waals surface area contributed by atoms with Gasteiger partial charge in [-0.1, -0.05) is 0 Å². The molecule has 2 heterocycles. The number of nitrogens with zero attached hydrogens (tertiary/aromatic N) is 2. The van der Waals surface area contributed by atoms with E-state index in [1.807, 2.05) is 0 Å². The molecule has 0 aliphatic carbocycles. The third-order valence-electron chi connectivity index (χ3n) is 1.83. The van der Waals surface area contributed by atoms with E-state index in [4.69, 9.17) is 0 Å². The van der Waals surface area contributed by atoms with Crippen molar-refractivity contribution in [2.45, 2.75) is 6.92 Å². The Morgan fingerprint density at radius 2 is 2.31 bits per heavy atom. The predicted octanol–water partition coefficient (Wildman–Crippen LogP) is -0.466. The zero-order valence-electron chi connectivity index (χ0n) is 7.20. The van der Waals surface area contributed by atoms with Crippen molar-refractivity contribution in [1.82, 2.24) is 14.9 Å². The van der Waals surface area contributed by atoms with Gasteiger partial charge in [0, 0.05) is 18.8 Å². The molecular formula is C8H9N3O2. The molecule has 1 fully saturated rings. The number of amides is 1. The van der Waals surface area contributed by atoms with Crippen molar-refractivity contribution in [2.75, 3.05) is 13.1 Å². The van der Waals surface area contributed by atoms with Gasteiger partial charge in [0.25, 0.3) is 5.91 Å². The Hall–Kier alpha value is -1.65. The number of nitrogens with one attached hydrogen (secondary N) is 1. The molecule has 1 N–H and O–H groups in total. The summed E-state index contributed by atoms with van der Waals surface area (Å²) in [4.78, 5) is 30.0. The van der Waals surface area contributed by atoms with Crippen LogP contribution in [0.5, 0.6) is 0 Å². The lowest BCUT2D eigenvalue weighted by molar-refractivity contribution is 0.0879. The fourth-order valence-electron chi connectivity index (χ4n) is 1.10. The van der Waals surface area contributed by atoms with Crippen LogP contribution in [-0.2, 0) is 0 Å². The molecule has 1 amide bonds. The molecular weight excluding hydrogens is 170 g/mol. The molecule has 1 saturated heterocycles. The number of hydrogen-bond donors (Lipinski definition) is 1. The Morgan fingerprint density at radius 3 is 2.85 bits per heavy atom. The summed E-state index contributed by atoms with van der Waals surface area (Å²) in [6.07, 6.45) is 0. The minimum absolute atomic E-state index is 0.158. The fourth-order valence-corrected chi connectivity index (χ4v) is 1.10. The Labute approximate surface area is 74.4 Å². The smallest absolute Gasteiger partial charge is 0.334 e. The van der Waals surface area contributed by atoms with E-state index in [0.29, 0.717) is 5.69 Å². The van der Waals surface area contributed by atoms with Crippen molar-refractivity contribution in [3.63, 3.8) is 0 Å². The Kier molecular flexibility index (Phi) is 1.65. The highest BCUT2D eigenvalue weighted by molar-refractivity contribution is 5.93. The molecule has 0 radical (unpaired) electrons. The molecule has 1 aliphatic heterocycles. The van der Waals surface area contributed by atoms with Gasteiger partial charge in [-0.2, -0.15) is 4.98 Å². The predicted molar refractivity (Wildman–Crippen MR) is 45.5 cm³/mol. The highest BCUT2D eigenvalue weighted by atomic mass is 16.2. The second kappa shape index (κ2) is 2.69. The number of rotatable bonds is 1. The molecule has 68 valence electrons. The van der Waals surface area contributed by atoms with Gasteiger partial charge in [-0.05, 0) is 13.0 Å². The van der Waals surface area contributed by atoms with E-state index in [2.05, 4.69) is 9.97 Å². The molecule has 0 atom stereocenters. The van der Waals surface area contributed by atoms with Crippen LogP contribution in [0, 0.1) is 6.92 Å². The SMILES string of the molecule is Cc1cc(C(=O)N2CC2)nc(=O)[nH]1. The van der Waals surface area contributed by atoms with Crippen molar-refractivity contribution in [2.24, 2.45) is 0 Å². The third kappa shape index (κ3) is 1.58. The Bertz CT molecular complexity index is 406. The van der Waals surface area contributed by atoms with Crippen LogP contribution in [-0.4, -0.2) is 33.9 Å². The van der Waals surface area contributed by atoms with E-state index in [9.17, 15) is 9.59 Å². The van der Waals surface area contributed by atoms with Gasteiger partial charge in [0.15, 0.2) is 0 Å². The van der Waals surface area contributed by atoms with Crippen LogP contribution in [0.1, 0.15) is 16.2 Å². The average molecular weight is 179 g/mol. The molecule has 0 aromatic carbocycles. The first-order valence-corrected chi connectivity index (χ1v) is 4.04. The number of aromatic nitrogens is 2. The number of aromatic amines is 1. The number of carbonyl (C=O) groups is 1. The monoisotopic (exact) mass is 179 g/mol. The third-order valence-corrected chi connectivity index (χ3v) is 1.83. The van der Waals surface area contributed by atoms with Crippen LogP contribution >= 0.6 is 0 Å². The molecule has 1 aromatic heterocycles. The Morgan fingerprint density at radius 1 is 1.62 bits per heavy atom. The summed E-state index contributed by atoms with van der Waals surface area (Å²) >= 11 is 0. The van der Waals surface area contributed by atoms with Crippen LogP contribution in [0.4, 0.5) is 0 Å². The van der Waals surface area contributed by atoms with E-state index in [-0.39, 0.29) is 11.6 Å². The topological polar surface area (TPSA) is 65.8 Å². The largest absolute Gasteiger partial charge is 0.345 e. The molecule has 13 heavy (non-hydrogen) atoms. The zero-order valence-corrected chi connectivity index (χ0v) is 7.20. The van der Waals surface area contributed by atoms with Gasteiger partial charge in [-0.15, -0.1) is 0 Å². The summed E-state index contributed by atoms with van der Waals surface area (Å²) in [7, 11) is 0. The number of hydrogen-bond acceptors (Lipinski definition) is 3. The van der Waals surface area contributed by atoms with Gasteiger partial charge in [-0.3, -0.25) is 4.79 Å². The van der Waals surface area contributed by atoms with Gasteiger partial charge in [0.2, 0.25) is 0 Å². The molecule has 0 spiro atoms. The maximum Gasteiger partial charge on any atom is 0.345 e. The lowest BCUT2D eigenvalue weighted by atomic mass is 10.3. The number of aryl methyl sites for hydroxylation is 1. The molecule has 2 rings (SSSR count). The van der Waals surface area contributed by atoms with E-state index >= 15 is 0 Å². The summed E-state index contributed by atoms with van der Waals surface area (Å²) in [6, 6.07) is 1.59. The molecule has 0 bridgehead atoms. The van der Waals surface area contributed by atoms with Gasteiger partial charge in [0.1, 0.15) is 5.69 Å². The lowest BCUT2D eigenvalue weighted by Gasteiger charge is -2.00. The van der Waals surface area contributed by atoms with E-state index < -0.39 is 5.69 Å². The van der Waals surface area contributed by atoms with Crippen LogP contribution in [0.25, 0.3) is 0 Å². The van der Waals surface area contributed by atoms with E-state index in [1.165, 1.54) is 0 Å². The normalized spacial score (nSPS) is 14.4. The fraction of sp³-hybridized carbons (Fsp3) is 0.375. The summed E-state index contributed by atoms with van der Waals surface area (Å²) in [6.45, 7) is 3.26. The summed E-state index contributed by atoms with van der Waals surface area (Å²) in [5.41, 5.74) is 0.425. The van der Waals surface area contributed by atoms with Gasteiger partial charge >= 0.3 is 5.69 Å². The standard InChI is InChI=1S/C8H9N3O2/c1-5-4-6(10-8(13)9-5)7(12)11-2-3-11/h4H,2-3H2,1H3,(H,9,10,13). The highest BCUT2D eigenvalue weighted by Gasteiger charge is 2.26. The van der Waals surface area contributed by atoms with Crippen molar-refractivity contribution >= 4 is 5.91 Å². The lowest BCUT2D eigenvalue weighted by Crippen LogP contribution is -2.20. The second-order valence-electron chi connectivity index (χ2n) is 3.05. The number of H-pyrrole nitrogens is 1. The minimum Gasteiger partial charge on any atom is -0.334 e. The second-order valence-corrected chi connectivity index (χ2v) is 3.05. The first kappa shape index (κ1) is 7.97. The highest BCUT2D eigenvalue weighted by Crippen LogP contribution is 2.09. The van der Waals surface area contributed by atoms with Crippen LogP contribution in [0.3, 0.4) is 0 Å². The number of carbonyl (C=O) groups excluding carboxylic acids is 1. The maximum absolute atomic E-state index is 11.4. The molecule has 5 nitrogen and oxygen atoms in total. The molecule has 0 unspecified atom stereocenters. The van der Waals surface area contributed by atoms with Crippen molar-refractivity contribution in [1.29, 1.82) is 0 Å². The zero-order chi connectivity index (χ0) is 9.42. The summed E-state index contributed by atoms with van der Waals surface area (Å²) in [5.74, 6) is -0.158. The maximum atomic E-state index is 11.4. The quantitative estimate of drug-likeness (QED) is 0.593. The first-order valence-electron chi connectivity index (χ1n) is 4.04. The first-order chi connectivity index (χ1) is 6.16. The molecule has 1 aromatic rings. The van der Waals surface area contributed by atoms with Gasteiger partial charge < -0.3 is 9.88 Å². The van der Waals surface area contributed by atoms with Crippen LogP contribution < -0.4 is 5.69 Å². The summed E-state index contributed by atoms with van der Waals surface area (Å²) < 4.78 is 0. The molecule has 0 saturated carbocycles. The van der Waals surface area contributed by atoms with Crippen LogP contribution in [0.15, 0.2) is 10.9 Å². The van der Waals surface area contributed by atoms with Crippen molar-refractivity contribution < 1.29 is 4.79 Å². The Balaban J connectivity index is 2.39. The van der Waals surface area contributed by atoms with E-state index in [0.717, 1.165) is 13.1 Å². The van der Waals surface area contributed by atoms with Gasteiger partial charge in [0.05, 0.1) is 0 Å². The van der Waals surface area contributed by atoms with E-state index in [1.54, 1.807) is 17.9 Å². The average Bonchev–Trinajstić information content (AvgIpc) is 2.83. The molecule has 5 heteroatoms. The van der Waals surface area contributed by atoms with Crippen molar-refractivity contribution in [3.05, 3.63) is 27.9 Å². The van der Waals surface area contributed by atoms with Crippen molar-refractivity contribution in [3.8, 4) is 0 Å². The van der Waals surface area contributed by atoms with Gasteiger partial charge in [-0.25, -0.2) is 4.79 Å². The minimum atomic E-state index is -0.467. The summed E-state index contributed by atoms with van der Waals surface area (Å²) in [5, 5.41) is 0.